The van der Waals surface area contributed by atoms with Crippen molar-refractivity contribution in [2.75, 3.05) is 6.61 Å². The lowest BCUT2D eigenvalue weighted by Gasteiger charge is -2.05. The molecular weight excluding hydrogens is 977 g/mol. The fraction of sp³-hybridized carbons (Fsp3) is 1.00. The molecule has 0 fully saturated rings. The Kier molecular flexibility index (Phi) is 77.9. The summed E-state index contributed by atoms with van der Waals surface area (Å²) < 4.78 is 0. The highest BCUT2D eigenvalue weighted by Gasteiger charge is 2.02. The smallest absolute Gasteiger partial charge is 0.0431 e. The summed E-state index contributed by atoms with van der Waals surface area (Å²) in [7, 11) is 0. The van der Waals surface area contributed by atoms with Gasteiger partial charge in [0.05, 0.1) is 0 Å². The van der Waals surface area contributed by atoms with Crippen molar-refractivity contribution >= 4 is 0 Å². The average molecular weight is 1140 g/mol. The van der Waals surface area contributed by atoms with Crippen molar-refractivity contribution in [3.05, 3.63) is 0 Å². The van der Waals surface area contributed by atoms with Gasteiger partial charge in [-0.2, -0.15) is 0 Å². The number of unbranched alkanes of at least 4 members (excludes halogenated alkanes) is 74. The molecule has 0 radical (unpaired) electrons. The first kappa shape index (κ1) is 81.0. The van der Waals surface area contributed by atoms with E-state index in [2.05, 4.69) is 13.8 Å². The van der Waals surface area contributed by atoms with Gasteiger partial charge in [-0.25, -0.2) is 0 Å². The predicted octanol–water partition coefficient (Wildman–Crippen LogP) is 30.3. The van der Waals surface area contributed by atoms with E-state index in [1.165, 1.54) is 482 Å². The number of hydrogen-bond acceptors (Lipinski definition) is 1. The molecule has 0 spiro atoms. The van der Waals surface area contributed by atoms with E-state index in [0.717, 1.165) is 12.3 Å². The monoisotopic (exact) mass is 1140 g/mol. The molecule has 0 atom stereocenters. The minimum atomic E-state index is 0.375. The summed E-state index contributed by atoms with van der Waals surface area (Å²) in [5.41, 5.74) is 0. The van der Waals surface area contributed by atoms with E-state index in [4.69, 9.17) is 5.11 Å². The molecule has 0 unspecified atom stereocenters. The van der Waals surface area contributed by atoms with Crippen LogP contribution in [0.2, 0.25) is 0 Å². The second-order valence-electron chi connectivity index (χ2n) is 28.4. The topological polar surface area (TPSA) is 20.2 Å². The van der Waals surface area contributed by atoms with Crippen LogP contribution in [0.1, 0.15) is 502 Å². The Bertz CT molecular complexity index is 1020. The van der Waals surface area contributed by atoms with Crippen molar-refractivity contribution in [1.82, 2.24) is 0 Å². The Morgan fingerprint density at radius 3 is 0.272 bits per heavy atom. The molecule has 1 heteroatoms. The van der Waals surface area contributed by atoms with Crippen LogP contribution in [0.3, 0.4) is 0 Å². The van der Waals surface area contributed by atoms with E-state index in [0.29, 0.717) is 6.61 Å². The Labute approximate surface area is 516 Å². The van der Waals surface area contributed by atoms with Crippen LogP contribution < -0.4 is 0 Å². The van der Waals surface area contributed by atoms with Crippen LogP contribution in [0.15, 0.2) is 0 Å². The molecule has 0 aliphatic carbocycles. The van der Waals surface area contributed by atoms with Crippen LogP contribution in [-0.2, 0) is 0 Å². The largest absolute Gasteiger partial charge is 0.396 e. The average Bonchev–Trinajstić information content (AvgIpc) is 3.47. The van der Waals surface area contributed by atoms with E-state index in [1.807, 2.05) is 0 Å². The summed E-state index contributed by atoms with van der Waals surface area (Å²) in [6.45, 7) is 5.09. The molecular formula is C80H162O. The van der Waals surface area contributed by atoms with Gasteiger partial charge in [-0.1, -0.05) is 495 Å². The minimum absolute atomic E-state index is 0.375. The fourth-order valence-electron chi connectivity index (χ4n) is 13.6. The first-order valence-corrected chi connectivity index (χ1v) is 39.9. The summed E-state index contributed by atoms with van der Waals surface area (Å²) in [6, 6.07) is 0. The standard InChI is InChI=1S/C80H162O/c1-80(2)78-76-74-72-70-68-66-64-62-60-58-56-54-52-50-48-46-44-42-40-38-36-34-32-30-28-26-24-22-20-18-16-14-12-10-8-6-4-3-5-7-9-11-13-15-17-19-21-23-25-27-29-31-33-35-37-39-41-43-45-47-49-51-53-55-57-59-61-63-65-67-69-71-73-75-77-79-81/h80-81H,3-79H2,1-2H3. The van der Waals surface area contributed by atoms with E-state index in [-0.39, 0.29) is 0 Å². The van der Waals surface area contributed by atoms with Crippen molar-refractivity contribution in [2.24, 2.45) is 5.92 Å². The van der Waals surface area contributed by atoms with Crippen LogP contribution >= 0.6 is 0 Å². The summed E-state index contributed by atoms with van der Waals surface area (Å²) in [4.78, 5) is 0. The lowest BCUT2D eigenvalue weighted by molar-refractivity contribution is 0.282. The SMILES string of the molecule is CC(C)CCCCCCCCCCCCCCCCCCCCCCCCCCCCCCCCCCCCCCCCCCCCCCCCCCCCCCCCCCCCCCCCCCCCCCCCCCCCCO. The third kappa shape index (κ3) is 80.0. The lowest BCUT2D eigenvalue weighted by Crippen LogP contribution is -1.87. The van der Waals surface area contributed by atoms with Crippen molar-refractivity contribution in [3.8, 4) is 0 Å². The van der Waals surface area contributed by atoms with Gasteiger partial charge >= 0.3 is 0 Å². The molecule has 0 aliphatic heterocycles. The van der Waals surface area contributed by atoms with Crippen molar-refractivity contribution < 1.29 is 5.11 Å². The molecule has 0 saturated carbocycles. The number of rotatable bonds is 77. The molecule has 0 saturated heterocycles. The Morgan fingerprint density at radius 1 is 0.123 bits per heavy atom. The summed E-state index contributed by atoms with van der Waals surface area (Å²) in [5.74, 6) is 0.894. The van der Waals surface area contributed by atoms with Gasteiger partial charge in [0, 0.05) is 6.61 Å². The minimum Gasteiger partial charge on any atom is -0.396 e. The molecule has 81 heavy (non-hydrogen) atoms. The van der Waals surface area contributed by atoms with Gasteiger partial charge in [0.25, 0.3) is 0 Å². The van der Waals surface area contributed by atoms with E-state index >= 15 is 0 Å². The van der Waals surface area contributed by atoms with Gasteiger partial charge in [0.2, 0.25) is 0 Å². The van der Waals surface area contributed by atoms with Gasteiger partial charge in [0.1, 0.15) is 0 Å². The molecule has 0 aromatic heterocycles. The molecule has 1 N–H and O–H groups in total. The van der Waals surface area contributed by atoms with Crippen molar-refractivity contribution in [3.63, 3.8) is 0 Å². The maximum Gasteiger partial charge on any atom is 0.0431 e. The highest BCUT2D eigenvalue weighted by atomic mass is 16.2. The van der Waals surface area contributed by atoms with Gasteiger partial charge < -0.3 is 5.11 Å². The third-order valence-corrected chi connectivity index (χ3v) is 19.4. The number of aliphatic hydroxyl groups is 1. The Hall–Kier alpha value is -0.0400. The predicted molar refractivity (Wildman–Crippen MR) is 373 cm³/mol. The molecule has 488 valence electrons. The van der Waals surface area contributed by atoms with Crippen LogP contribution in [0.25, 0.3) is 0 Å². The summed E-state index contributed by atoms with van der Waals surface area (Å²) in [6.07, 6.45) is 112. The van der Waals surface area contributed by atoms with Crippen LogP contribution in [0.5, 0.6) is 0 Å². The Balaban J connectivity index is 3.08. The maximum atomic E-state index is 8.85. The van der Waals surface area contributed by atoms with E-state index in [9.17, 15) is 0 Å². The summed E-state index contributed by atoms with van der Waals surface area (Å²) >= 11 is 0. The zero-order valence-corrected chi connectivity index (χ0v) is 57.5. The molecule has 0 aromatic carbocycles. The molecule has 0 aromatic rings. The quantitative estimate of drug-likeness (QED) is 0.0602. The maximum absolute atomic E-state index is 8.85. The fourth-order valence-corrected chi connectivity index (χ4v) is 13.6. The normalized spacial score (nSPS) is 11.9. The number of aliphatic hydroxyl groups excluding tert-OH is 1. The number of hydrogen-bond donors (Lipinski definition) is 1. The third-order valence-electron chi connectivity index (χ3n) is 19.4. The molecule has 0 heterocycles. The van der Waals surface area contributed by atoms with Gasteiger partial charge in [0.15, 0.2) is 0 Å². The van der Waals surface area contributed by atoms with E-state index in [1.54, 1.807) is 0 Å². The van der Waals surface area contributed by atoms with Crippen LogP contribution in [0, 0.1) is 5.92 Å². The highest BCUT2D eigenvalue weighted by molar-refractivity contribution is 4.58. The van der Waals surface area contributed by atoms with Gasteiger partial charge in [-0.05, 0) is 12.3 Å². The summed E-state index contributed by atoms with van der Waals surface area (Å²) in [5, 5.41) is 8.85. The van der Waals surface area contributed by atoms with E-state index < -0.39 is 0 Å². The molecule has 0 amide bonds. The Morgan fingerprint density at radius 2 is 0.198 bits per heavy atom. The lowest BCUT2D eigenvalue weighted by atomic mass is 10.0. The second-order valence-corrected chi connectivity index (χ2v) is 28.4. The van der Waals surface area contributed by atoms with Gasteiger partial charge in [-0.15, -0.1) is 0 Å². The van der Waals surface area contributed by atoms with Crippen LogP contribution in [0.4, 0.5) is 0 Å². The first-order chi connectivity index (χ1) is 40.3. The van der Waals surface area contributed by atoms with Crippen molar-refractivity contribution in [1.29, 1.82) is 0 Å². The first-order valence-electron chi connectivity index (χ1n) is 39.9. The highest BCUT2D eigenvalue weighted by Crippen LogP contribution is 2.22. The molecule has 1 nitrogen and oxygen atoms in total. The molecule has 0 rings (SSSR count). The van der Waals surface area contributed by atoms with Crippen molar-refractivity contribution in [2.45, 2.75) is 502 Å². The zero-order chi connectivity index (χ0) is 58.0. The molecule has 0 bridgehead atoms. The molecule has 0 aliphatic rings. The second kappa shape index (κ2) is 78.0. The van der Waals surface area contributed by atoms with Gasteiger partial charge in [-0.3, -0.25) is 0 Å². The zero-order valence-electron chi connectivity index (χ0n) is 57.5. The van der Waals surface area contributed by atoms with Crippen LogP contribution in [-0.4, -0.2) is 11.7 Å².